The number of hydrogen-bond acceptors (Lipinski definition) is 5. The van der Waals surface area contributed by atoms with Crippen LogP contribution < -0.4 is 20.3 Å². The summed E-state index contributed by atoms with van der Waals surface area (Å²) in [6.45, 7) is 0.373. The van der Waals surface area contributed by atoms with Crippen LogP contribution in [0.4, 0.5) is 4.39 Å². The van der Waals surface area contributed by atoms with Crippen molar-refractivity contribution in [3.63, 3.8) is 0 Å². The predicted octanol–water partition coefficient (Wildman–Crippen LogP) is 1.49. The van der Waals surface area contributed by atoms with Crippen molar-refractivity contribution >= 4 is 16.8 Å². The third-order valence-corrected chi connectivity index (χ3v) is 4.20. The van der Waals surface area contributed by atoms with Crippen LogP contribution in [0.15, 0.2) is 53.6 Å². The Hall–Kier alpha value is -3.42. The number of para-hydroxylation sites is 2. The van der Waals surface area contributed by atoms with Crippen molar-refractivity contribution < 1.29 is 18.7 Å². The van der Waals surface area contributed by atoms with Crippen LogP contribution in [-0.4, -0.2) is 34.7 Å². The van der Waals surface area contributed by atoms with Crippen molar-refractivity contribution in [2.45, 2.75) is 12.6 Å². The second kappa shape index (κ2) is 7.06. The van der Waals surface area contributed by atoms with E-state index in [1.807, 2.05) is 18.2 Å². The van der Waals surface area contributed by atoms with Crippen molar-refractivity contribution in [2.24, 2.45) is 0 Å². The molecule has 0 fully saturated rings. The van der Waals surface area contributed by atoms with E-state index in [-0.39, 0.29) is 36.0 Å². The first-order valence-corrected chi connectivity index (χ1v) is 8.40. The quantitative estimate of drug-likeness (QED) is 0.754. The molecule has 7 nitrogen and oxygen atoms in total. The molecule has 1 aromatic heterocycles. The number of nitrogens with one attached hydrogen (secondary N) is 1. The first kappa shape index (κ1) is 17.0. The maximum atomic E-state index is 13.2. The second-order valence-electron chi connectivity index (χ2n) is 6.14. The molecule has 1 aliphatic rings. The van der Waals surface area contributed by atoms with Gasteiger partial charge in [-0.25, -0.2) is 9.37 Å². The fourth-order valence-electron chi connectivity index (χ4n) is 2.85. The molecule has 1 atom stereocenters. The first-order chi connectivity index (χ1) is 13.1. The van der Waals surface area contributed by atoms with Gasteiger partial charge in [0.25, 0.3) is 5.56 Å². The van der Waals surface area contributed by atoms with Crippen LogP contribution in [0.25, 0.3) is 10.9 Å². The van der Waals surface area contributed by atoms with Gasteiger partial charge in [0.2, 0.25) is 5.91 Å². The van der Waals surface area contributed by atoms with Gasteiger partial charge in [-0.15, -0.1) is 0 Å². The molecule has 27 heavy (non-hydrogen) atoms. The minimum absolute atomic E-state index is 0.191. The van der Waals surface area contributed by atoms with E-state index >= 15 is 0 Å². The monoisotopic (exact) mass is 369 g/mol. The third kappa shape index (κ3) is 3.59. The second-order valence-corrected chi connectivity index (χ2v) is 6.14. The molecule has 3 aromatic rings. The molecule has 0 radical (unpaired) electrons. The van der Waals surface area contributed by atoms with Crippen molar-refractivity contribution in [3.05, 3.63) is 65.0 Å². The van der Waals surface area contributed by atoms with E-state index in [1.165, 1.54) is 29.1 Å². The van der Waals surface area contributed by atoms with Crippen LogP contribution in [0.1, 0.15) is 0 Å². The number of carbonyl (C=O) groups is 1. The molecule has 0 saturated heterocycles. The molecule has 8 heteroatoms. The number of benzene rings is 2. The van der Waals surface area contributed by atoms with Crippen LogP contribution in [0.2, 0.25) is 0 Å². The molecule has 0 unspecified atom stereocenters. The zero-order valence-corrected chi connectivity index (χ0v) is 14.2. The zero-order valence-electron chi connectivity index (χ0n) is 14.2. The predicted molar refractivity (Wildman–Crippen MR) is 95.3 cm³/mol. The minimum atomic E-state index is -0.471. The summed E-state index contributed by atoms with van der Waals surface area (Å²) in [6.07, 6.45) is 0.915. The van der Waals surface area contributed by atoms with E-state index in [0.29, 0.717) is 18.1 Å². The summed E-state index contributed by atoms with van der Waals surface area (Å²) in [5, 5.41) is 2.98. The Balaban J connectivity index is 1.39. The Kier molecular flexibility index (Phi) is 4.45. The molecule has 0 saturated carbocycles. The highest BCUT2D eigenvalue weighted by molar-refractivity contribution is 5.79. The number of aromatic nitrogens is 2. The summed E-state index contributed by atoms with van der Waals surface area (Å²) < 4.78 is 25.8. The van der Waals surface area contributed by atoms with Gasteiger partial charge in [0.1, 0.15) is 25.1 Å². The minimum Gasteiger partial charge on any atom is -0.486 e. The summed E-state index contributed by atoms with van der Waals surface area (Å²) in [7, 11) is 0. The highest BCUT2D eigenvalue weighted by atomic mass is 19.1. The number of carbonyl (C=O) groups excluding carboxylic acids is 1. The number of ether oxygens (including phenoxy) is 2. The highest BCUT2D eigenvalue weighted by Gasteiger charge is 2.21. The van der Waals surface area contributed by atoms with Gasteiger partial charge in [0, 0.05) is 6.07 Å². The summed E-state index contributed by atoms with van der Waals surface area (Å²) in [5.41, 5.74) is -0.149. The summed E-state index contributed by atoms with van der Waals surface area (Å²) in [5.74, 6) is 0.472. The molecular weight excluding hydrogens is 353 g/mol. The van der Waals surface area contributed by atoms with Crippen molar-refractivity contribution in [1.29, 1.82) is 0 Å². The summed E-state index contributed by atoms with van der Waals surface area (Å²) >= 11 is 0. The van der Waals surface area contributed by atoms with Crippen LogP contribution in [-0.2, 0) is 11.3 Å². The fourth-order valence-corrected chi connectivity index (χ4v) is 2.85. The topological polar surface area (TPSA) is 82.5 Å². The van der Waals surface area contributed by atoms with E-state index in [1.54, 1.807) is 6.07 Å². The summed E-state index contributed by atoms with van der Waals surface area (Å²) in [6, 6.07) is 11.0. The number of amides is 1. The number of halogens is 1. The zero-order chi connectivity index (χ0) is 18.8. The third-order valence-electron chi connectivity index (χ3n) is 4.20. The Bertz CT molecular complexity index is 1070. The molecule has 2 aromatic carbocycles. The molecule has 138 valence electrons. The van der Waals surface area contributed by atoms with Gasteiger partial charge < -0.3 is 14.8 Å². The number of hydrogen-bond donors (Lipinski definition) is 1. The van der Waals surface area contributed by atoms with E-state index in [0.717, 1.165) is 0 Å². The van der Waals surface area contributed by atoms with Crippen molar-refractivity contribution in [1.82, 2.24) is 14.9 Å². The maximum absolute atomic E-state index is 13.2. The molecular formula is C19H16FN3O4. The normalized spacial score (nSPS) is 15.5. The van der Waals surface area contributed by atoms with E-state index in [2.05, 4.69) is 10.3 Å². The van der Waals surface area contributed by atoms with Crippen LogP contribution in [0, 0.1) is 5.82 Å². The number of fused-ring (bicyclic) bond motifs is 2. The lowest BCUT2D eigenvalue weighted by molar-refractivity contribution is -0.122. The SMILES string of the molecule is O=C(Cn1cnc2cc(F)ccc2c1=O)NC[C@H]1COc2ccccc2O1. The Morgan fingerprint density at radius 1 is 1.26 bits per heavy atom. The van der Waals surface area contributed by atoms with Gasteiger partial charge in [-0.05, 0) is 24.3 Å². The van der Waals surface area contributed by atoms with Gasteiger partial charge in [0.05, 0.1) is 23.8 Å². The average Bonchev–Trinajstić information content (AvgIpc) is 2.68. The van der Waals surface area contributed by atoms with Gasteiger partial charge >= 0.3 is 0 Å². The smallest absolute Gasteiger partial charge is 0.261 e. The van der Waals surface area contributed by atoms with Gasteiger partial charge in [-0.3, -0.25) is 14.2 Å². The first-order valence-electron chi connectivity index (χ1n) is 8.40. The van der Waals surface area contributed by atoms with E-state index in [9.17, 15) is 14.0 Å². The Labute approximate surface area is 153 Å². The van der Waals surface area contributed by atoms with Crippen molar-refractivity contribution in [3.8, 4) is 11.5 Å². The molecule has 1 aliphatic heterocycles. The number of nitrogens with zero attached hydrogens (tertiary/aromatic N) is 2. The molecule has 0 aliphatic carbocycles. The largest absolute Gasteiger partial charge is 0.486 e. The highest BCUT2D eigenvalue weighted by Crippen LogP contribution is 2.30. The average molecular weight is 369 g/mol. The molecule has 0 spiro atoms. The lowest BCUT2D eigenvalue weighted by Gasteiger charge is -2.26. The van der Waals surface area contributed by atoms with Crippen LogP contribution >= 0.6 is 0 Å². The van der Waals surface area contributed by atoms with Gasteiger partial charge in [0.15, 0.2) is 11.5 Å². The van der Waals surface area contributed by atoms with Crippen LogP contribution in [0.5, 0.6) is 11.5 Å². The lowest BCUT2D eigenvalue weighted by atomic mass is 10.2. The Morgan fingerprint density at radius 2 is 2.07 bits per heavy atom. The van der Waals surface area contributed by atoms with E-state index in [4.69, 9.17) is 9.47 Å². The van der Waals surface area contributed by atoms with Gasteiger partial charge in [-0.2, -0.15) is 0 Å². The lowest BCUT2D eigenvalue weighted by Crippen LogP contribution is -2.42. The summed E-state index contributed by atoms with van der Waals surface area (Å²) in [4.78, 5) is 28.6. The molecule has 1 N–H and O–H groups in total. The van der Waals surface area contributed by atoms with Gasteiger partial charge in [-0.1, -0.05) is 12.1 Å². The molecule has 1 amide bonds. The van der Waals surface area contributed by atoms with Crippen LogP contribution in [0.3, 0.4) is 0 Å². The Morgan fingerprint density at radius 3 is 2.93 bits per heavy atom. The molecule has 0 bridgehead atoms. The van der Waals surface area contributed by atoms with Crippen molar-refractivity contribution in [2.75, 3.05) is 13.2 Å². The maximum Gasteiger partial charge on any atom is 0.261 e. The molecule has 4 rings (SSSR count). The standard InChI is InChI=1S/C19H16FN3O4/c20-12-5-6-14-15(7-12)22-11-23(19(14)25)9-18(24)21-8-13-10-26-16-3-1-2-4-17(16)27-13/h1-7,11,13H,8-10H2,(H,21,24)/t13-/m0/s1. The molecule has 2 heterocycles. The number of rotatable bonds is 4. The van der Waals surface area contributed by atoms with E-state index < -0.39 is 11.4 Å². The fraction of sp³-hybridized carbons (Fsp3) is 0.211.